The van der Waals surface area contributed by atoms with E-state index in [2.05, 4.69) is 13.0 Å². The minimum absolute atomic E-state index is 0.156. The van der Waals surface area contributed by atoms with Crippen LogP contribution in [0, 0.1) is 5.82 Å². The van der Waals surface area contributed by atoms with Crippen LogP contribution >= 0.6 is 11.3 Å². The molecule has 4 heteroatoms. The summed E-state index contributed by atoms with van der Waals surface area (Å²) in [7, 11) is 1.88. The number of hydrogen-bond donors (Lipinski definition) is 1. The highest BCUT2D eigenvalue weighted by atomic mass is 32.1. The van der Waals surface area contributed by atoms with Crippen LogP contribution in [0.3, 0.4) is 0 Å². The third kappa shape index (κ3) is 3.19. The summed E-state index contributed by atoms with van der Waals surface area (Å²) in [5.41, 5.74) is 1.12. The van der Waals surface area contributed by atoms with Gasteiger partial charge in [0.05, 0.1) is 11.8 Å². The zero-order valence-corrected chi connectivity index (χ0v) is 12.8. The molecule has 1 aromatic heterocycles. The van der Waals surface area contributed by atoms with Gasteiger partial charge in [-0.2, -0.15) is 0 Å². The molecule has 0 bridgehead atoms. The van der Waals surface area contributed by atoms with Crippen LogP contribution in [0.1, 0.15) is 30.4 Å². The van der Waals surface area contributed by atoms with Crippen molar-refractivity contribution in [1.29, 1.82) is 0 Å². The largest absolute Gasteiger partial charge is 0.389 e. The number of thiophene rings is 1. The molecule has 2 aromatic rings. The molecule has 2 nitrogen and oxygen atoms in total. The van der Waals surface area contributed by atoms with E-state index in [1.807, 2.05) is 23.4 Å². The standard InChI is InChI=1S/C16H20FNOS/c1-11(10-13-6-5-9-20-13)18(3)16-14(12(2)19)7-4-8-15(16)17/h4-9,11-12,19H,10H2,1-3H3. The minimum Gasteiger partial charge on any atom is -0.389 e. The van der Waals surface area contributed by atoms with E-state index in [1.54, 1.807) is 30.4 Å². The van der Waals surface area contributed by atoms with Crippen LogP contribution in [0.2, 0.25) is 0 Å². The topological polar surface area (TPSA) is 23.5 Å². The normalized spacial score (nSPS) is 14.1. The van der Waals surface area contributed by atoms with Gasteiger partial charge in [-0.3, -0.25) is 0 Å². The summed E-state index contributed by atoms with van der Waals surface area (Å²) in [6.07, 6.45) is 0.180. The summed E-state index contributed by atoms with van der Waals surface area (Å²) in [4.78, 5) is 3.19. The summed E-state index contributed by atoms with van der Waals surface area (Å²) < 4.78 is 14.1. The van der Waals surface area contributed by atoms with Crippen LogP contribution in [0.4, 0.5) is 10.1 Å². The van der Waals surface area contributed by atoms with E-state index in [-0.39, 0.29) is 11.9 Å². The van der Waals surface area contributed by atoms with Crippen molar-refractivity contribution in [2.75, 3.05) is 11.9 Å². The quantitative estimate of drug-likeness (QED) is 0.900. The lowest BCUT2D eigenvalue weighted by atomic mass is 10.0. The maximum absolute atomic E-state index is 14.1. The Labute approximate surface area is 123 Å². The molecule has 1 N–H and O–H groups in total. The van der Waals surface area contributed by atoms with Crippen LogP contribution in [0.25, 0.3) is 0 Å². The third-order valence-corrected chi connectivity index (χ3v) is 4.46. The minimum atomic E-state index is -0.683. The van der Waals surface area contributed by atoms with E-state index in [4.69, 9.17) is 0 Å². The molecule has 2 rings (SSSR count). The van der Waals surface area contributed by atoms with E-state index in [9.17, 15) is 9.50 Å². The average Bonchev–Trinajstić information content (AvgIpc) is 2.90. The number of anilines is 1. The Morgan fingerprint density at radius 2 is 2.00 bits per heavy atom. The van der Waals surface area contributed by atoms with Crippen molar-refractivity contribution in [3.8, 4) is 0 Å². The fraction of sp³-hybridized carbons (Fsp3) is 0.375. The third-order valence-electron chi connectivity index (χ3n) is 3.56. The van der Waals surface area contributed by atoms with E-state index < -0.39 is 6.10 Å². The molecule has 0 amide bonds. The number of para-hydroxylation sites is 1. The number of nitrogens with zero attached hydrogens (tertiary/aromatic N) is 1. The highest BCUT2D eigenvalue weighted by Crippen LogP contribution is 2.30. The van der Waals surface area contributed by atoms with Gasteiger partial charge in [0.15, 0.2) is 0 Å². The fourth-order valence-corrected chi connectivity index (χ4v) is 3.14. The molecule has 0 aliphatic heterocycles. The van der Waals surface area contributed by atoms with Gasteiger partial charge in [0.25, 0.3) is 0 Å². The average molecular weight is 293 g/mol. The molecule has 0 saturated carbocycles. The molecule has 0 spiro atoms. The van der Waals surface area contributed by atoms with Crippen molar-refractivity contribution in [2.24, 2.45) is 0 Å². The van der Waals surface area contributed by atoms with Gasteiger partial charge in [-0.1, -0.05) is 18.2 Å². The summed E-state index contributed by atoms with van der Waals surface area (Å²) in [6.45, 7) is 3.73. The Kier molecular flexibility index (Phi) is 4.78. The molecule has 0 aliphatic rings. The number of hydrogen-bond acceptors (Lipinski definition) is 3. The molecule has 1 aromatic carbocycles. The molecule has 2 atom stereocenters. The second-order valence-electron chi connectivity index (χ2n) is 5.10. The molecule has 2 unspecified atom stereocenters. The zero-order valence-electron chi connectivity index (χ0n) is 12.0. The molecule has 0 fully saturated rings. The second-order valence-corrected chi connectivity index (χ2v) is 6.13. The van der Waals surface area contributed by atoms with Gasteiger partial charge in [-0.15, -0.1) is 11.3 Å². The van der Waals surface area contributed by atoms with Crippen molar-refractivity contribution < 1.29 is 9.50 Å². The maximum atomic E-state index is 14.1. The monoisotopic (exact) mass is 293 g/mol. The lowest BCUT2D eigenvalue weighted by Gasteiger charge is -2.30. The first-order valence-corrected chi connectivity index (χ1v) is 7.60. The fourth-order valence-electron chi connectivity index (χ4n) is 2.32. The first-order chi connectivity index (χ1) is 9.50. The second kappa shape index (κ2) is 6.37. The highest BCUT2D eigenvalue weighted by molar-refractivity contribution is 7.09. The van der Waals surface area contributed by atoms with Crippen molar-refractivity contribution in [3.63, 3.8) is 0 Å². The van der Waals surface area contributed by atoms with Gasteiger partial charge in [-0.25, -0.2) is 4.39 Å². The van der Waals surface area contributed by atoms with Crippen LogP contribution in [-0.4, -0.2) is 18.2 Å². The molecule has 1 heterocycles. The molecular weight excluding hydrogens is 273 g/mol. The van der Waals surface area contributed by atoms with Gasteiger partial charge in [0, 0.05) is 30.0 Å². The summed E-state index contributed by atoms with van der Waals surface area (Å²) in [5.74, 6) is -0.288. The number of aliphatic hydroxyl groups is 1. The van der Waals surface area contributed by atoms with Gasteiger partial charge >= 0.3 is 0 Å². The Hall–Kier alpha value is -1.39. The first-order valence-electron chi connectivity index (χ1n) is 6.72. The van der Waals surface area contributed by atoms with Gasteiger partial charge < -0.3 is 10.0 Å². The Morgan fingerprint density at radius 3 is 2.60 bits per heavy atom. The lowest BCUT2D eigenvalue weighted by molar-refractivity contribution is 0.199. The molecular formula is C16H20FNOS. The smallest absolute Gasteiger partial charge is 0.146 e. The maximum Gasteiger partial charge on any atom is 0.146 e. The molecule has 20 heavy (non-hydrogen) atoms. The van der Waals surface area contributed by atoms with E-state index in [0.29, 0.717) is 11.3 Å². The predicted octanol–water partition coefficient (Wildman–Crippen LogP) is 4.01. The Bertz CT molecular complexity index is 554. The summed E-state index contributed by atoms with van der Waals surface area (Å²) in [5, 5.41) is 11.9. The van der Waals surface area contributed by atoms with Crippen LogP contribution < -0.4 is 4.90 Å². The molecule has 0 aliphatic carbocycles. The van der Waals surface area contributed by atoms with Crippen LogP contribution in [0.5, 0.6) is 0 Å². The summed E-state index contributed by atoms with van der Waals surface area (Å²) in [6, 6.07) is 9.12. The molecule has 108 valence electrons. The van der Waals surface area contributed by atoms with Crippen molar-refractivity contribution >= 4 is 17.0 Å². The highest BCUT2D eigenvalue weighted by Gasteiger charge is 2.20. The number of aliphatic hydroxyl groups excluding tert-OH is 1. The number of benzene rings is 1. The molecule has 0 saturated heterocycles. The lowest BCUT2D eigenvalue weighted by Crippen LogP contribution is -2.32. The summed E-state index contributed by atoms with van der Waals surface area (Å²) >= 11 is 1.71. The number of halogens is 1. The van der Waals surface area contributed by atoms with Gasteiger partial charge in [-0.05, 0) is 31.4 Å². The van der Waals surface area contributed by atoms with E-state index in [1.165, 1.54) is 10.9 Å². The van der Waals surface area contributed by atoms with Crippen molar-refractivity contribution in [1.82, 2.24) is 0 Å². The SMILES string of the molecule is CC(O)c1cccc(F)c1N(C)C(C)Cc1cccs1. The van der Waals surface area contributed by atoms with Crippen LogP contribution in [-0.2, 0) is 6.42 Å². The first kappa shape index (κ1) is 15.0. The van der Waals surface area contributed by atoms with Gasteiger partial charge in [0.2, 0.25) is 0 Å². The van der Waals surface area contributed by atoms with Gasteiger partial charge in [0.1, 0.15) is 5.82 Å². The Morgan fingerprint density at radius 1 is 1.25 bits per heavy atom. The molecule has 0 radical (unpaired) electrons. The Balaban J connectivity index is 2.26. The number of likely N-dealkylation sites (N-methyl/N-ethyl adjacent to an activating group) is 1. The van der Waals surface area contributed by atoms with E-state index in [0.717, 1.165) is 6.42 Å². The number of rotatable bonds is 5. The zero-order chi connectivity index (χ0) is 14.7. The van der Waals surface area contributed by atoms with E-state index >= 15 is 0 Å². The predicted molar refractivity (Wildman–Crippen MR) is 82.9 cm³/mol. The van der Waals surface area contributed by atoms with Crippen LogP contribution in [0.15, 0.2) is 35.7 Å². The van der Waals surface area contributed by atoms with Crippen molar-refractivity contribution in [2.45, 2.75) is 32.4 Å². The van der Waals surface area contributed by atoms with Crippen molar-refractivity contribution in [3.05, 3.63) is 52.0 Å².